The number of hydrogen-bond donors (Lipinski definition) is 2. The minimum atomic E-state index is -0.529. The van der Waals surface area contributed by atoms with Crippen molar-refractivity contribution >= 4 is 5.91 Å². The van der Waals surface area contributed by atoms with Gasteiger partial charge in [-0.2, -0.15) is 0 Å². The van der Waals surface area contributed by atoms with Crippen LogP contribution in [0.3, 0.4) is 0 Å². The quantitative estimate of drug-likeness (QED) is 0.539. The van der Waals surface area contributed by atoms with Crippen molar-refractivity contribution in [1.82, 2.24) is 24.8 Å². The normalized spacial score (nSPS) is 24.3. The number of carbonyl (C=O) groups is 1. The number of carbonyl (C=O) groups excluding carboxylic acids is 1. The second-order valence-corrected chi connectivity index (χ2v) is 9.11. The lowest BCUT2D eigenvalue weighted by atomic mass is 9.86. The third kappa shape index (κ3) is 3.75. The van der Waals surface area contributed by atoms with Gasteiger partial charge in [-0.25, -0.2) is 9.97 Å². The van der Waals surface area contributed by atoms with Crippen molar-refractivity contribution in [3.8, 4) is 11.5 Å². The minimum absolute atomic E-state index is 0.0988. The van der Waals surface area contributed by atoms with E-state index in [0.717, 1.165) is 16.8 Å². The number of rotatable bonds is 6. The van der Waals surface area contributed by atoms with Gasteiger partial charge >= 0.3 is 0 Å². The van der Waals surface area contributed by atoms with E-state index >= 15 is 0 Å². The number of aliphatic hydroxyl groups excluding tert-OH is 1. The summed E-state index contributed by atoms with van der Waals surface area (Å²) in [4.78, 5) is 36.7. The zero-order valence-electron chi connectivity index (χ0n) is 18.9. The van der Waals surface area contributed by atoms with Crippen LogP contribution >= 0.6 is 0 Å². The Kier molecular flexibility index (Phi) is 5.46. The lowest BCUT2D eigenvalue weighted by molar-refractivity contribution is -0.127. The maximum absolute atomic E-state index is 13.6. The average Bonchev–Trinajstić information content (AvgIpc) is 3.42. The fourth-order valence-electron chi connectivity index (χ4n) is 5.67. The molecule has 35 heavy (non-hydrogen) atoms. The third-order valence-electron chi connectivity index (χ3n) is 7.23. The largest absolute Gasteiger partial charge is 0.454 e. The molecule has 6 rings (SSSR count). The fourth-order valence-corrected chi connectivity index (χ4v) is 5.67. The molecule has 10 nitrogen and oxygen atoms in total. The first-order valence-corrected chi connectivity index (χ1v) is 11.6. The Morgan fingerprint density at radius 1 is 1.11 bits per heavy atom. The van der Waals surface area contributed by atoms with Crippen molar-refractivity contribution in [2.75, 3.05) is 13.4 Å². The summed E-state index contributed by atoms with van der Waals surface area (Å²) in [7, 11) is 0. The highest BCUT2D eigenvalue weighted by Gasteiger charge is 2.55. The molecule has 3 aliphatic heterocycles. The molecular formula is C25H25N5O5. The minimum Gasteiger partial charge on any atom is -0.454 e. The molecule has 1 saturated heterocycles. The fraction of sp³-hybridized carbons (Fsp3) is 0.360. The molecule has 0 radical (unpaired) electrons. The Morgan fingerprint density at radius 3 is 2.77 bits per heavy atom. The van der Waals surface area contributed by atoms with Crippen LogP contribution in [0.25, 0.3) is 0 Å². The molecule has 5 heterocycles. The van der Waals surface area contributed by atoms with Gasteiger partial charge in [0.05, 0.1) is 12.0 Å². The second-order valence-electron chi connectivity index (χ2n) is 9.11. The van der Waals surface area contributed by atoms with Crippen molar-refractivity contribution in [3.05, 3.63) is 82.3 Å². The Labute approximate surface area is 201 Å². The Hall–Kier alpha value is -3.76. The van der Waals surface area contributed by atoms with Crippen LogP contribution in [-0.2, 0) is 24.4 Å². The number of amides is 1. The van der Waals surface area contributed by atoms with E-state index in [9.17, 15) is 14.7 Å². The van der Waals surface area contributed by atoms with Crippen molar-refractivity contribution in [2.24, 2.45) is 11.8 Å². The van der Waals surface area contributed by atoms with Gasteiger partial charge in [-0.15, -0.1) is 0 Å². The summed E-state index contributed by atoms with van der Waals surface area (Å²) >= 11 is 0. The van der Waals surface area contributed by atoms with Gasteiger partial charge in [-0.05, 0) is 23.8 Å². The number of fused-ring (bicyclic) bond motifs is 5. The van der Waals surface area contributed by atoms with E-state index in [0.29, 0.717) is 31.1 Å². The Balaban J connectivity index is 1.31. The second kappa shape index (κ2) is 8.79. The number of nitrogens with one attached hydrogen (secondary N) is 1. The molecule has 2 bridgehead atoms. The predicted molar refractivity (Wildman–Crippen MR) is 123 cm³/mol. The molecule has 1 amide bonds. The van der Waals surface area contributed by atoms with Gasteiger partial charge < -0.3 is 24.5 Å². The lowest BCUT2D eigenvalue weighted by Gasteiger charge is -2.38. The molecule has 10 heteroatoms. The van der Waals surface area contributed by atoms with Crippen LogP contribution in [0.5, 0.6) is 11.5 Å². The summed E-state index contributed by atoms with van der Waals surface area (Å²) in [6.45, 7) is 1.27. The van der Waals surface area contributed by atoms with Gasteiger partial charge in [0.2, 0.25) is 12.7 Å². The van der Waals surface area contributed by atoms with Crippen LogP contribution in [-0.4, -0.2) is 49.9 Å². The van der Waals surface area contributed by atoms with Gasteiger partial charge in [0.25, 0.3) is 5.56 Å². The monoisotopic (exact) mass is 475 g/mol. The standard InChI is InChI=1S/C25H25N5O5/c31-12-17-19-11-29-18(2-1-3-22(29)32)24(30(19)10-16-7-26-13-27-8-16)23(17)25(33)28-9-15-4-5-20-21(6-15)35-14-34-20/h1-8,13,17,19,23-24,31H,9-12,14H2,(H,28,33)/t17-,19-,23+,24+/m0/s1. The maximum Gasteiger partial charge on any atom is 0.250 e. The lowest BCUT2D eigenvalue weighted by Crippen LogP contribution is -2.45. The SMILES string of the molecule is O=C(NCc1ccc2c(c1)OCO2)[C@@H]1[C@@H](CO)[C@@H]2Cn3c(cccc3=O)[C@H]1N2Cc1cncnc1. The van der Waals surface area contributed by atoms with Crippen LogP contribution in [0.2, 0.25) is 0 Å². The average molecular weight is 476 g/mol. The van der Waals surface area contributed by atoms with Crippen molar-refractivity contribution in [1.29, 1.82) is 0 Å². The van der Waals surface area contributed by atoms with Gasteiger partial charge in [0.1, 0.15) is 6.33 Å². The van der Waals surface area contributed by atoms with Crippen LogP contribution in [0, 0.1) is 11.8 Å². The van der Waals surface area contributed by atoms with E-state index in [4.69, 9.17) is 9.47 Å². The summed E-state index contributed by atoms with van der Waals surface area (Å²) < 4.78 is 12.5. The topological polar surface area (TPSA) is 119 Å². The zero-order valence-corrected chi connectivity index (χ0v) is 18.9. The predicted octanol–water partition coefficient (Wildman–Crippen LogP) is 0.847. The molecule has 0 unspecified atom stereocenters. The summed E-state index contributed by atoms with van der Waals surface area (Å²) in [6, 6.07) is 10.2. The van der Waals surface area contributed by atoms with Gasteiger partial charge in [-0.1, -0.05) is 12.1 Å². The molecule has 0 spiro atoms. The number of aromatic nitrogens is 3. The van der Waals surface area contributed by atoms with Gasteiger partial charge in [0, 0.05) is 67.9 Å². The molecule has 2 aromatic heterocycles. The molecule has 3 aromatic rings. The molecule has 3 aliphatic rings. The summed E-state index contributed by atoms with van der Waals surface area (Å²) in [5.41, 5.74) is 2.48. The van der Waals surface area contributed by atoms with E-state index in [1.54, 1.807) is 23.0 Å². The molecule has 2 N–H and O–H groups in total. The first kappa shape index (κ1) is 21.8. The van der Waals surface area contributed by atoms with Crippen molar-refractivity contribution in [3.63, 3.8) is 0 Å². The highest BCUT2D eigenvalue weighted by atomic mass is 16.7. The molecular weight excluding hydrogens is 450 g/mol. The van der Waals surface area contributed by atoms with E-state index in [2.05, 4.69) is 20.2 Å². The molecule has 0 saturated carbocycles. The molecule has 1 aromatic carbocycles. The van der Waals surface area contributed by atoms with E-state index < -0.39 is 5.92 Å². The molecule has 180 valence electrons. The third-order valence-corrected chi connectivity index (χ3v) is 7.23. The maximum atomic E-state index is 13.6. The highest BCUT2D eigenvalue weighted by Crippen LogP contribution is 2.48. The van der Waals surface area contributed by atoms with Crippen molar-refractivity contribution in [2.45, 2.75) is 31.7 Å². The van der Waals surface area contributed by atoms with Crippen molar-refractivity contribution < 1.29 is 19.4 Å². The smallest absolute Gasteiger partial charge is 0.250 e. The van der Waals surface area contributed by atoms with Crippen LogP contribution < -0.4 is 20.3 Å². The highest BCUT2D eigenvalue weighted by molar-refractivity contribution is 5.80. The molecule has 1 fully saturated rings. The Bertz CT molecular complexity index is 1310. The number of ether oxygens (including phenoxy) is 2. The molecule has 4 atom stereocenters. The van der Waals surface area contributed by atoms with Crippen LogP contribution in [0.1, 0.15) is 22.9 Å². The number of benzene rings is 1. The van der Waals surface area contributed by atoms with E-state index in [1.807, 2.05) is 24.3 Å². The first-order valence-electron chi connectivity index (χ1n) is 11.6. The van der Waals surface area contributed by atoms with E-state index in [1.165, 1.54) is 12.4 Å². The van der Waals surface area contributed by atoms with Gasteiger partial charge in [-0.3, -0.25) is 14.5 Å². The van der Waals surface area contributed by atoms with Crippen LogP contribution in [0.15, 0.2) is 59.9 Å². The summed E-state index contributed by atoms with van der Waals surface area (Å²) in [5.74, 6) is 0.326. The Morgan fingerprint density at radius 2 is 1.94 bits per heavy atom. The van der Waals surface area contributed by atoms with Crippen LogP contribution in [0.4, 0.5) is 0 Å². The zero-order chi connectivity index (χ0) is 23.9. The number of pyridine rings is 1. The number of nitrogens with zero attached hydrogens (tertiary/aromatic N) is 4. The molecule has 0 aliphatic carbocycles. The number of hydrogen-bond acceptors (Lipinski definition) is 8. The number of aliphatic hydroxyl groups is 1. The summed E-state index contributed by atoms with van der Waals surface area (Å²) in [5, 5.41) is 13.5. The van der Waals surface area contributed by atoms with Gasteiger partial charge in [0.15, 0.2) is 11.5 Å². The first-order chi connectivity index (χ1) is 17.1. The summed E-state index contributed by atoms with van der Waals surface area (Å²) in [6.07, 6.45) is 4.98. The van der Waals surface area contributed by atoms with E-state index in [-0.39, 0.29) is 42.9 Å².